The average molecular weight is 433 g/mol. The molecule has 4 heteroatoms. The molecule has 0 aliphatic carbocycles. The molecule has 5 rings (SSSR count). The van der Waals surface area contributed by atoms with Crippen LogP contribution in [0.4, 0.5) is 0 Å². The predicted molar refractivity (Wildman–Crippen MR) is 135 cm³/mol. The number of aromatic amines is 1. The highest BCUT2D eigenvalue weighted by Gasteiger charge is 2.17. The van der Waals surface area contributed by atoms with Crippen LogP contribution < -0.4 is 5.73 Å². The molecule has 0 aliphatic heterocycles. The zero-order chi connectivity index (χ0) is 22.5. The second kappa shape index (κ2) is 9.82. The van der Waals surface area contributed by atoms with Gasteiger partial charge in [0, 0.05) is 43.3 Å². The standard InChI is InChI=1S/C29H28N4/c30-18-22-13-15-23(16-14-22)19-33(20-25-10-6-7-17-31-25)21-27-26-11-4-5-12-28(26)32-29(27)24-8-2-1-3-9-24/h1-17,32H,18-21,30H2. The summed E-state index contributed by atoms with van der Waals surface area (Å²) in [6, 6.07) is 33.9. The van der Waals surface area contributed by atoms with Crippen LogP contribution in [0, 0.1) is 0 Å². The van der Waals surface area contributed by atoms with E-state index < -0.39 is 0 Å². The average Bonchev–Trinajstić information content (AvgIpc) is 3.24. The number of hydrogen-bond acceptors (Lipinski definition) is 3. The van der Waals surface area contributed by atoms with Crippen molar-refractivity contribution in [2.45, 2.75) is 26.2 Å². The van der Waals surface area contributed by atoms with Gasteiger partial charge < -0.3 is 10.7 Å². The second-order valence-electron chi connectivity index (χ2n) is 8.38. The number of pyridine rings is 1. The Balaban J connectivity index is 1.53. The number of hydrogen-bond donors (Lipinski definition) is 2. The Morgan fingerprint density at radius 2 is 1.42 bits per heavy atom. The van der Waals surface area contributed by atoms with Gasteiger partial charge in [0.1, 0.15) is 0 Å². The molecule has 0 fully saturated rings. The lowest BCUT2D eigenvalue weighted by Gasteiger charge is -2.23. The van der Waals surface area contributed by atoms with Gasteiger partial charge >= 0.3 is 0 Å². The number of aromatic nitrogens is 2. The predicted octanol–water partition coefficient (Wildman–Crippen LogP) is 5.89. The Kier molecular flexibility index (Phi) is 6.29. The molecule has 3 aromatic carbocycles. The SMILES string of the molecule is NCc1ccc(CN(Cc2ccccn2)Cc2c(-c3ccccc3)[nH]c3ccccc23)cc1. The van der Waals surface area contributed by atoms with Crippen molar-refractivity contribution in [1.82, 2.24) is 14.9 Å². The molecule has 33 heavy (non-hydrogen) atoms. The topological polar surface area (TPSA) is 57.9 Å². The summed E-state index contributed by atoms with van der Waals surface area (Å²) in [5.41, 5.74) is 14.1. The highest BCUT2D eigenvalue weighted by atomic mass is 15.1. The van der Waals surface area contributed by atoms with E-state index in [-0.39, 0.29) is 0 Å². The first-order valence-corrected chi connectivity index (χ1v) is 11.4. The zero-order valence-corrected chi connectivity index (χ0v) is 18.6. The van der Waals surface area contributed by atoms with Crippen LogP contribution in [0.5, 0.6) is 0 Å². The highest BCUT2D eigenvalue weighted by Crippen LogP contribution is 2.32. The number of nitrogens with zero attached hydrogens (tertiary/aromatic N) is 2. The molecule has 0 radical (unpaired) electrons. The molecule has 4 nitrogen and oxygen atoms in total. The van der Waals surface area contributed by atoms with E-state index in [9.17, 15) is 0 Å². The van der Waals surface area contributed by atoms with Crippen LogP contribution in [0.1, 0.15) is 22.4 Å². The molecule has 2 aromatic heterocycles. The zero-order valence-electron chi connectivity index (χ0n) is 18.6. The molecule has 0 bridgehead atoms. The van der Waals surface area contributed by atoms with Gasteiger partial charge in [0.2, 0.25) is 0 Å². The molecule has 0 amide bonds. The molecule has 0 unspecified atom stereocenters. The molecular weight excluding hydrogens is 404 g/mol. The van der Waals surface area contributed by atoms with Gasteiger partial charge in [-0.25, -0.2) is 0 Å². The fourth-order valence-corrected chi connectivity index (χ4v) is 4.37. The van der Waals surface area contributed by atoms with Gasteiger partial charge in [-0.3, -0.25) is 9.88 Å². The number of para-hydroxylation sites is 1. The second-order valence-corrected chi connectivity index (χ2v) is 8.38. The van der Waals surface area contributed by atoms with Crippen molar-refractivity contribution in [1.29, 1.82) is 0 Å². The van der Waals surface area contributed by atoms with E-state index in [4.69, 9.17) is 5.73 Å². The Bertz CT molecular complexity index is 1310. The van der Waals surface area contributed by atoms with Gasteiger partial charge in [0.15, 0.2) is 0 Å². The fourth-order valence-electron chi connectivity index (χ4n) is 4.37. The maximum absolute atomic E-state index is 5.80. The van der Waals surface area contributed by atoms with E-state index in [1.807, 2.05) is 12.3 Å². The summed E-state index contributed by atoms with van der Waals surface area (Å²) < 4.78 is 0. The normalized spacial score (nSPS) is 11.3. The van der Waals surface area contributed by atoms with Crippen molar-refractivity contribution in [3.8, 4) is 11.3 Å². The fraction of sp³-hybridized carbons (Fsp3) is 0.138. The summed E-state index contributed by atoms with van der Waals surface area (Å²) >= 11 is 0. The Labute approximate surface area is 194 Å². The number of fused-ring (bicyclic) bond motifs is 1. The summed E-state index contributed by atoms with van der Waals surface area (Å²) in [6.45, 7) is 2.97. The third kappa shape index (κ3) is 4.87. The van der Waals surface area contributed by atoms with Gasteiger partial charge in [-0.15, -0.1) is 0 Å². The molecule has 0 saturated heterocycles. The maximum atomic E-state index is 5.80. The molecule has 2 heterocycles. The summed E-state index contributed by atoms with van der Waals surface area (Å²) in [6.07, 6.45) is 1.87. The summed E-state index contributed by atoms with van der Waals surface area (Å²) in [7, 11) is 0. The third-order valence-electron chi connectivity index (χ3n) is 6.03. The van der Waals surface area contributed by atoms with Gasteiger partial charge in [0.05, 0.1) is 11.4 Å². The smallest absolute Gasteiger partial charge is 0.0544 e. The number of nitrogens with two attached hydrogens (primary N) is 1. The molecular formula is C29H28N4. The molecule has 5 aromatic rings. The molecule has 0 spiro atoms. The number of H-pyrrole nitrogens is 1. The quantitative estimate of drug-likeness (QED) is 0.321. The molecule has 0 aliphatic rings. The maximum Gasteiger partial charge on any atom is 0.0544 e. The number of nitrogens with one attached hydrogen (secondary N) is 1. The van der Waals surface area contributed by atoms with Crippen molar-refractivity contribution in [2.75, 3.05) is 0 Å². The van der Waals surface area contributed by atoms with Crippen LogP contribution in [-0.2, 0) is 26.2 Å². The minimum Gasteiger partial charge on any atom is -0.354 e. The van der Waals surface area contributed by atoms with Crippen LogP contribution >= 0.6 is 0 Å². The number of rotatable bonds is 8. The summed E-state index contributed by atoms with van der Waals surface area (Å²) in [5.74, 6) is 0. The Morgan fingerprint density at radius 1 is 0.697 bits per heavy atom. The molecule has 0 atom stereocenters. The van der Waals surface area contributed by atoms with Gasteiger partial charge in [-0.2, -0.15) is 0 Å². The molecule has 0 saturated carbocycles. The van der Waals surface area contributed by atoms with E-state index in [1.165, 1.54) is 27.8 Å². The lowest BCUT2D eigenvalue weighted by Crippen LogP contribution is -2.23. The van der Waals surface area contributed by atoms with Gasteiger partial charge in [-0.1, -0.05) is 78.9 Å². The van der Waals surface area contributed by atoms with E-state index in [2.05, 4.69) is 106 Å². The van der Waals surface area contributed by atoms with Crippen molar-refractivity contribution in [2.24, 2.45) is 5.73 Å². The highest BCUT2D eigenvalue weighted by molar-refractivity contribution is 5.90. The lowest BCUT2D eigenvalue weighted by atomic mass is 10.0. The lowest BCUT2D eigenvalue weighted by molar-refractivity contribution is 0.246. The van der Waals surface area contributed by atoms with Gasteiger partial charge in [-0.05, 0) is 40.5 Å². The van der Waals surface area contributed by atoms with Crippen LogP contribution in [0.3, 0.4) is 0 Å². The first-order chi connectivity index (χ1) is 16.3. The van der Waals surface area contributed by atoms with Crippen molar-refractivity contribution in [3.05, 3.63) is 126 Å². The first kappa shape index (κ1) is 21.1. The van der Waals surface area contributed by atoms with Crippen LogP contribution in [0.25, 0.3) is 22.2 Å². The van der Waals surface area contributed by atoms with Crippen molar-refractivity contribution in [3.63, 3.8) is 0 Å². The Hall–Kier alpha value is -3.73. The first-order valence-electron chi connectivity index (χ1n) is 11.4. The molecule has 164 valence electrons. The monoisotopic (exact) mass is 432 g/mol. The number of benzene rings is 3. The Morgan fingerprint density at radius 3 is 2.18 bits per heavy atom. The summed E-state index contributed by atoms with van der Waals surface area (Å²) in [4.78, 5) is 10.7. The minimum atomic E-state index is 0.563. The van der Waals surface area contributed by atoms with E-state index in [0.29, 0.717) is 6.54 Å². The summed E-state index contributed by atoms with van der Waals surface area (Å²) in [5, 5.41) is 1.26. The third-order valence-corrected chi connectivity index (χ3v) is 6.03. The molecule has 3 N–H and O–H groups in total. The van der Waals surface area contributed by atoms with E-state index in [1.54, 1.807) is 0 Å². The van der Waals surface area contributed by atoms with Crippen LogP contribution in [-0.4, -0.2) is 14.9 Å². The minimum absolute atomic E-state index is 0.563. The van der Waals surface area contributed by atoms with Gasteiger partial charge in [0.25, 0.3) is 0 Å². The largest absolute Gasteiger partial charge is 0.354 e. The van der Waals surface area contributed by atoms with Crippen LogP contribution in [0.15, 0.2) is 103 Å². The van der Waals surface area contributed by atoms with E-state index in [0.717, 1.165) is 36.4 Å². The van der Waals surface area contributed by atoms with Crippen molar-refractivity contribution >= 4 is 10.9 Å². The van der Waals surface area contributed by atoms with Crippen molar-refractivity contribution < 1.29 is 0 Å². The van der Waals surface area contributed by atoms with Crippen LogP contribution in [0.2, 0.25) is 0 Å². The van der Waals surface area contributed by atoms with E-state index >= 15 is 0 Å².